The molecule has 41 heavy (non-hydrogen) atoms. The molecular weight excluding hydrogens is 563 g/mol. The topological polar surface area (TPSA) is 111 Å². The zero-order chi connectivity index (χ0) is 28.8. The van der Waals surface area contributed by atoms with Gasteiger partial charge in [0, 0.05) is 37.7 Å². The second-order valence-electron chi connectivity index (χ2n) is 10.4. The van der Waals surface area contributed by atoms with Crippen LogP contribution in [0, 0.1) is 17.0 Å². The van der Waals surface area contributed by atoms with E-state index in [-0.39, 0.29) is 50.0 Å². The molecule has 0 spiro atoms. The lowest BCUT2D eigenvalue weighted by Gasteiger charge is -2.35. The van der Waals surface area contributed by atoms with Crippen molar-refractivity contribution in [3.63, 3.8) is 0 Å². The average Bonchev–Trinajstić information content (AvgIpc) is 3.58. The van der Waals surface area contributed by atoms with E-state index >= 15 is 0 Å². The number of alkyl halides is 1. The number of aromatic nitrogens is 3. The molecule has 0 radical (unpaired) electrons. The third-order valence-electron chi connectivity index (χ3n) is 7.49. The molecule has 3 heterocycles. The van der Waals surface area contributed by atoms with E-state index in [1.807, 2.05) is 0 Å². The number of nitrogens with zero attached hydrogens (tertiary/aromatic N) is 5. The minimum absolute atomic E-state index is 0.0445. The van der Waals surface area contributed by atoms with Crippen LogP contribution < -0.4 is 15.2 Å². The van der Waals surface area contributed by atoms with Crippen molar-refractivity contribution in [1.82, 2.24) is 19.1 Å². The Morgan fingerprint density at radius 2 is 1.76 bits per heavy atom. The van der Waals surface area contributed by atoms with Crippen molar-refractivity contribution in [1.29, 1.82) is 0 Å². The van der Waals surface area contributed by atoms with Crippen LogP contribution in [0.25, 0.3) is 16.8 Å². The van der Waals surface area contributed by atoms with Gasteiger partial charge in [0.1, 0.15) is 22.8 Å². The summed E-state index contributed by atoms with van der Waals surface area (Å²) in [4.78, 5) is 19.3. The van der Waals surface area contributed by atoms with Crippen LogP contribution in [-0.4, -0.2) is 66.9 Å². The van der Waals surface area contributed by atoms with Crippen LogP contribution in [0.15, 0.2) is 58.2 Å². The van der Waals surface area contributed by atoms with Gasteiger partial charge in [-0.1, -0.05) is 6.07 Å². The summed E-state index contributed by atoms with van der Waals surface area (Å²) >= 11 is 0. The Hall–Kier alpha value is -3.91. The van der Waals surface area contributed by atoms with Crippen molar-refractivity contribution >= 4 is 26.8 Å². The van der Waals surface area contributed by atoms with Crippen LogP contribution in [0.5, 0.6) is 5.75 Å². The number of halogens is 3. The average molecular weight is 590 g/mol. The fourth-order valence-electron chi connectivity index (χ4n) is 4.85. The molecule has 1 saturated carbocycles. The van der Waals surface area contributed by atoms with E-state index in [2.05, 4.69) is 10.1 Å². The number of rotatable bonds is 9. The highest BCUT2D eigenvalue weighted by Gasteiger charge is 2.44. The molecule has 0 unspecified atom stereocenters. The molecule has 6 rings (SSSR count). The Balaban J connectivity index is 1.23. The summed E-state index contributed by atoms with van der Waals surface area (Å²) in [6.07, 6.45) is 3.87. The van der Waals surface area contributed by atoms with Gasteiger partial charge in [0.2, 0.25) is 15.8 Å². The number of sulfonamides is 1. The molecule has 0 N–H and O–H groups in total. The minimum atomic E-state index is -3.67. The zero-order valence-electron chi connectivity index (χ0n) is 21.8. The predicted octanol–water partition coefficient (Wildman–Crippen LogP) is 3.43. The van der Waals surface area contributed by atoms with E-state index < -0.39 is 39.3 Å². The Bertz CT molecular complexity index is 1740. The summed E-state index contributed by atoms with van der Waals surface area (Å²) in [5, 5.41) is 4.12. The van der Waals surface area contributed by atoms with Crippen LogP contribution in [0.3, 0.4) is 0 Å². The second-order valence-corrected chi connectivity index (χ2v) is 12.4. The summed E-state index contributed by atoms with van der Waals surface area (Å²) < 4.78 is 81.0. The molecule has 1 saturated heterocycles. The second kappa shape index (κ2) is 10.5. The number of oxazole rings is 1. The maximum absolute atomic E-state index is 13.9. The lowest BCUT2D eigenvalue weighted by atomic mass is 10.1. The molecular formula is C27H26F3N5O5S. The van der Waals surface area contributed by atoms with Crippen molar-refractivity contribution in [2.45, 2.75) is 18.6 Å². The van der Waals surface area contributed by atoms with Gasteiger partial charge in [0.15, 0.2) is 12.0 Å². The van der Waals surface area contributed by atoms with Crippen molar-refractivity contribution in [2.24, 2.45) is 5.41 Å². The maximum Gasteiger partial charge on any atom is 0.316 e. The van der Waals surface area contributed by atoms with Gasteiger partial charge in [-0.05, 0) is 42.7 Å². The number of piperazine rings is 1. The summed E-state index contributed by atoms with van der Waals surface area (Å²) in [6.45, 7) is 0.0844. The fraction of sp³-hybridized carbons (Fsp3) is 0.370. The van der Waals surface area contributed by atoms with E-state index in [0.29, 0.717) is 41.3 Å². The van der Waals surface area contributed by atoms with Gasteiger partial charge in [0.05, 0.1) is 30.9 Å². The number of anilines is 1. The highest BCUT2D eigenvalue weighted by Crippen LogP contribution is 2.46. The summed E-state index contributed by atoms with van der Waals surface area (Å²) in [6, 6.07) is 7.65. The van der Waals surface area contributed by atoms with E-state index in [1.165, 1.54) is 16.9 Å². The predicted molar refractivity (Wildman–Crippen MR) is 143 cm³/mol. The SMILES string of the molecule is O=c1c(OCC2(CF)CC2)c(N2CCN(S(=O)(=O)Cc3ccc4ncoc4c3)CC2)cnn1-c1cc(F)cc(F)c1. The van der Waals surface area contributed by atoms with Gasteiger partial charge in [-0.2, -0.15) is 14.1 Å². The standard InChI is InChI=1S/C27H26F3N5O5S/c28-15-27(3-4-27)16-39-25-23(13-32-35(26(25)36)21-11-19(29)10-20(30)12-21)33-5-7-34(8-6-33)41(37,38)14-18-1-2-22-24(9-18)40-17-31-22/h1-2,9-13,17H,3-8,14-16H2. The molecule has 2 fully saturated rings. The number of benzene rings is 2. The molecule has 4 aromatic rings. The lowest BCUT2D eigenvalue weighted by molar-refractivity contribution is 0.197. The van der Waals surface area contributed by atoms with Gasteiger partial charge in [-0.3, -0.25) is 9.18 Å². The Morgan fingerprint density at radius 1 is 1.02 bits per heavy atom. The third kappa shape index (κ3) is 5.53. The van der Waals surface area contributed by atoms with Crippen LogP contribution in [0.2, 0.25) is 0 Å². The van der Waals surface area contributed by atoms with Crippen LogP contribution >= 0.6 is 0 Å². The highest BCUT2D eigenvalue weighted by atomic mass is 32.2. The van der Waals surface area contributed by atoms with Crippen molar-refractivity contribution in [3.05, 3.63) is 76.5 Å². The fourth-order valence-corrected chi connectivity index (χ4v) is 6.36. The first-order valence-electron chi connectivity index (χ1n) is 13.0. The number of fused-ring (bicyclic) bond motifs is 1. The monoisotopic (exact) mass is 589 g/mol. The molecule has 2 aliphatic rings. The van der Waals surface area contributed by atoms with E-state index in [0.717, 1.165) is 16.8 Å². The molecule has 0 atom stereocenters. The van der Waals surface area contributed by atoms with Crippen LogP contribution in [-0.2, 0) is 15.8 Å². The normalized spacial score (nSPS) is 17.2. The Kier molecular flexibility index (Phi) is 6.98. The lowest BCUT2D eigenvalue weighted by Crippen LogP contribution is -2.49. The maximum atomic E-state index is 13.9. The Morgan fingerprint density at radius 3 is 2.44 bits per heavy atom. The first-order valence-corrected chi connectivity index (χ1v) is 14.6. The largest absolute Gasteiger partial charge is 0.486 e. The van der Waals surface area contributed by atoms with Gasteiger partial charge in [-0.15, -0.1) is 0 Å². The summed E-state index contributed by atoms with van der Waals surface area (Å²) in [5.41, 5.74) is 0.440. The molecule has 0 bridgehead atoms. The zero-order valence-corrected chi connectivity index (χ0v) is 22.6. The summed E-state index contributed by atoms with van der Waals surface area (Å²) in [7, 11) is -3.67. The quantitative estimate of drug-likeness (QED) is 0.292. The number of hydrogen-bond donors (Lipinski definition) is 0. The Labute approximate surface area is 233 Å². The molecule has 1 aliphatic heterocycles. The number of hydrogen-bond acceptors (Lipinski definition) is 8. The van der Waals surface area contributed by atoms with Crippen LogP contribution in [0.1, 0.15) is 18.4 Å². The van der Waals surface area contributed by atoms with E-state index in [9.17, 15) is 26.4 Å². The molecule has 10 nitrogen and oxygen atoms in total. The van der Waals surface area contributed by atoms with Gasteiger partial charge < -0.3 is 14.1 Å². The van der Waals surface area contributed by atoms with Crippen molar-refractivity contribution < 1.29 is 30.7 Å². The van der Waals surface area contributed by atoms with Crippen LogP contribution in [0.4, 0.5) is 18.9 Å². The molecule has 216 valence electrons. The van der Waals surface area contributed by atoms with Gasteiger partial charge in [-0.25, -0.2) is 22.2 Å². The molecule has 14 heteroatoms. The smallest absolute Gasteiger partial charge is 0.316 e. The first-order chi connectivity index (χ1) is 19.7. The first kappa shape index (κ1) is 27.3. The minimum Gasteiger partial charge on any atom is -0.486 e. The van der Waals surface area contributed by atoms with Crippen molar-refractivity contribution in [3.8, 4) is 11.4 Å². The third-order valence-corrected chi connectivity index (χ3v) is 9.34. The molecule has 2 aromatic heterocycles. The molecule has 0 amide bonds. The molecule has 1 aliphatic carbocycles. The van der Waals surface area contributed by atoms with E-state index in [4.69, 9.17) is 9.15 Å². The number of ether oxygens (including phenoxy) is 1. The highest BCUT2D eigenvalue weighted by molar-refractivity contribution is 7.88. The molecule has 2 aromatic carbocycles. The van der Waals surface area contributed by atoms with Crippen molar-refractivity contribution in [2.75, 3.05) is 44.4 Å². The van der Waals surface area contributed by atoms with Gasteiger partial charge >= 0.3 is 5.56 Å². The summed E-state index contributed by atoms with van der Waals surface area (Å²) in [5.74, 6) is -2.12. The van der Waals surface area contributed by atoms with E-state index in [1.54, 1.807) is 23.1 Å². The van der Waals surface area contributed by atoms with Gasteiger partial charge in [0.25, 0.3) is 0 Å².